The third kappa shape index (κ3) is 6.72. The number of rotatable bonds is 3. The molecule has 8 nitrogen and oxygen atoms in total. The van der Waals surface area contributed by atoms with Gasteiger partial charge in [0.05, 0.1) is 6.04 Å². The Morgan fingerprint density at radius 2 is 1.79 bits per heavy atom. The lowest BCUT2D eigenvalue weighted by Gasteiger charge is -2.33. The molecule has 3 rings (SSSR count). The Kier molecular flexibility index (Phi) is 8.63. The fourth-order valence-electron chi connectivity index (χ4n) is 5.64. The molecular formula is C26H43N3O5. The molecule has 0 radical (unpaired) electrons. The van der Waals surface area contributed by atoms with Gasteiger partial charge in [-0.2, -0.15) is 0 Å². The normalized spacial score (nSPS) is 33.2. The van der Waals surface area contributed by atoms with Crippen LogP contribution in [0.5, 0.6) is 0 Å². The first-order valence-corrected chi connectivity index (χ1v) is 13.1. The topological polar surface area (TPSA) is 105 Å². The number of ether oxygens (including phenoxy) is 1. The number of hydrogen-bond acceptors (Lipinski definition) is 5. The Hall–Kier alpha value is -2.12. The standard InChI is InChI=1S/C26H43N3O5/c1-16(2)19-12-13-29-22(19)23(31)27-18(15-30)11-9-7-6-8-10-17-14-20(17)21(24(29)32)28-25(33)34-26(3,4)5/h15-22H,6-14H2,1-5H3,(H,27,31)(H,28,33)/t17?,18-,19+,20?,21-,22-/m0/s1. The van der Waals surface area contributed by atoms with E-state index in [1.165, 1.54) is 0 Å². The van der Waals surface area contributed by atoms with Crippen LogP contribution in [-0.2, 0) is 19.1 Å². The number of carbonyl (C=O) groups excluding carboxylic acids is 4. The second-order valence-electron chi connectivity index (χ2n) is 11.7. The van der Waals surface area contributed by atoms with Gasteiger partial charge >= 0.3 is 6.09 Å². The summed E-state index contributed by atoms with van der Waals surface area (Å²) >= 11 is 0. The molecule has 1 saturated carbocycles. The fraction of sp³-hybridized carbons (Fsp3) is 0.846. The average molecular weight is 478 g/mol. The Bertz CT molecular complexity index is 762. The van der Waals surface area contributed by atoms with Crippen LogP contribution in [0.3, 0.4) is 0 Å². The van der Waals surface area contributed by atoms with Crippen LogP contribution in [0, 0.1) is 23.7 Å². The van der Waals surface area contributed by atoms with Gasteiger partial charge in [-0.25, -0.2) is 4.79 Å². The van der Waals surface area contributed by atoms with Gasteiger partial charge in [0, 0.05) is 6.54 Å². The molecular weight excluding hydrogens is 434 g/mol. The van der Waals surface area contributed by atoms with Crippen LogP contribution >= 0.6 is 0 Å². The van der Waals surface area contributed by atoms with Crippen LogP contribution in [0.25, 0.3) is 0 Å². The maximum Gasteiger partial charge on any atom is 0.408 e. The smallest absolute Gasteiger partial charge is 0.408 e. The molecule has 0 aromatic heterocycles. The SMILES string of the molecule is CC(C)[C@H]1CCN2C(=O)[C@@H](NC(=O)OC(C)(C)C)C3CC3CCCCCC[C@@H](C=O)NC(=O)[C@H]12. The zero-order valence-corrected chi connectivity index (χ0v) is 21.5. The highest BCUT2D eigenvalue weighted by atomic mass is 16.6. The Morgan fingerprint density at radius 3 is 2.41 bits per heavy atom. The van der Waals surface area contributed by atoms with Gasteiger partial charge in [-0.05, 0) is 63.7 Å². The van der Waals surface area contributed by atoms with Crippen molar-refractivity contribution in [2.24, 2.45) is 23.7 Å². The van der Waals surface area contributed by atoms with Gasteiger partial charge in [0.25, 0.3) is 0 Å². The van der Waals surface area contributed by atoms with Gasteiger partial charge in [0.15, 0.2) is 0 Å². The number of hydrogen-bond donors (Lipinski definition) is 2. The fourth-order valence-corrected chi connectivity index (χ4v) is 5.64. The molecule has 3 fully saturated rings. The zero-order chi connectivity index (χ0) is 25.0. The molecule has 2 N–H and O–H groups in total. The van der Waals surface area contributed by atoms with E-state index in [9.17, 15) is 19.2 Å². The number of fused-ring (bicyclic) bond motifs is 2. The van der Waals surface area contributed by atoms with Crippen LogP contribution in [-0.4, -0.2) is 59.4 Å². The average Bonchev–Trinajstić information content (AvgIpc) is 3.35. The summed E-state index contributed by atoms with van der Waals surface area (Å²) in [5, 5.41) is 5.77. The number of carbonyl (C=O) groups is 4. The van der Waals surface area contributed by atoms with Crippen molar-refractivity contribution in [3.05, 3.63) is 0 Å². The molecule has 192 valence electrons. The molecule has 0 aromatic carbocycles. The first-order chi connectivity index (χ1) is 16.0. The van der Waals surface area contributed by atoms with E-state index in [1.54, 1.807) is 25.7 Å². The number of amides is 3. The molecule has 0 bridgehead atoms. The predicted molar refractivity (Wildman–Crippen MR) is 129 cm³/mol. The van der Waals surface area contributed by atoms with Crippen molar-refractivity contribution < 1.29 is 23.9 Å². The molecule has 3 amide bonds. The molecule has 2 aliphatic heterocycles. The van der Waals surface area contributed by atoms with Crippen molar-refractivity contribution in [3.8, 4) is 0 Å². The highest BCUT2D eigenvalue weighted by Crippen LogP contribution is 2.46. The second kappa shape index (κ2) is 11.1. The lowest BCUT2D eigenvalue weighted by Crippen LogP contribution is -2.57. The number of alkyl carbamates (subject to hydrolysis) is 1. The van der Waals surface area contributed by atoms with Crippen molar-refractivity contribution in [2.45, 2.75) is 110 Å². The van der Waals surface area contributed by atoms with E-state index >= 15 is 0 Å². The van der Waals surface area contributed by atoms with E-state index in [2.05, 4.69) is 24.5 Å². The number of aldehydes is 1. The molecule has 3 aliphatic rings. The molecule has 8 heteroatoms. The predicted octanol–water partition coefficient (Wildman–Crippen LogP) is 3.43. The van der Waals surface area contributed by atoms with Crippen molar-refractivity contribution in [2.75, 3.05) is 6.54 Å². The summed E-state index contributed by atoms with van der Waals surface area (Å²) in [6.45, 7) is 9.97. The van der Waals surface area contributed by atoms with Gasteiger partial charge in [-0.15, -0.1) is 0 Å². The van der Waals surface area contributed by atoms with Crippen molar-refractivity contribution in [1.29, 1.82) is 0 Å². The first-order valence-electron chi connectivity index (χ1n) is 13.1. The Balaban J connectivity index is 1.87. The van der Waals surface area contributed by atoms with Crippen LogP contribution < -0.4 is 10.6 Å². The molecule has 34 heavy (non-hydrogen) atoms. The van der Waals surface area contributed by atoms with Crippen molar-refractivity contribution in [1.82, 2.24) is 15.5 Å². The van der Waals surface area contributed by atoms with E-state index in [1.807, 2.05) is 0 Å². The first kappa shape index (κ1) is 26.5. The maximum atomic E-state index is 13.9. The van der Waals surface area contributed by atoms with Crippen molar-refractivity contribution >= 4 is 24.2 Å². The molecule has 0 aromatic rings. The minimum atomic E-state index is -0.701. The molecule has 2 heterocycles. The Labute approximate surface area is 203 Å². The lowest BCUT2D eigenvalue weighted by atomic mass is 9.88. The van der Waals surface area contributed by atoms with Crippen LogP contribution in [0.1, 0.15) is 86.0 Å². The van der Waals surface area contributed by atoms with Crippen LogP contribution in [0.15, 0.2) is 0 Å². The molecule has 2 saturated heterocycles. The maximum absolute atomic E-state index is 13.9. The summed E-state index contributed by atoms with van der Waals surface area (Å²) in [5.41, 5.74) is -0.668. The van der Waals surface area contributed by atoms with E-state index in [0.717, 1.165) is 51.2 Å². The summed E-state index contributed by atoms with van der Waals surface area (Å²) in [4.78, 5) is 53.2. The molecule has 2 unspecified atom stereocenters. The van der Waals surface area contributed by atoms with E-state index in [-0.39, 0.29) is 29.6 Å². The summed E-state index contributed by atoms with van der Waals surface area (Å²) in [7, 11) is 0. The van der Waals surface area contributed by atoms with Gasteiger partial charge in [0.2, 0.25) is 11.8 Å². The van der Waals surface area contributed by atoms with Crippen LogP contribution in [0.4, 0.5) is 4.79 Å². The third-order valence-corrected chi connectivity index (χ3v) is 7.53. The summed E-state index contributed by atoms with van der Waals surface area (Å²) < 4.78 is 5.46. The lowest BCUT2D eigenvalue weighted by molar-refractivity contribution is -0.142. The quantitative estimate of drug-likeness (QED) is 0.606. The van der Waals surface area contributed by atoms with E-state index in [4.69, 9.17) is 4.74 Å². The summed E-state index contributed by atoms with van der Waals surface area (Å²) in [5.74, 6) is 0.196. The third-order valence-electron chi connectivity index (χ3n) is 7.53. The van der Waals surface area contributed by atoms with E-state index < -0.39 is 29.8 Å². The largest absolute Gasteiger partial charge is 0.444 e. The number of nitrogens with one attached hydrogen (secondary N) is 2. The minimum Gasteiger partial charge on any atom is -0.444 e. The second-order valence-corrected chi connectivity index (χ2v) is 11.7. The highest BCUT2D eigenvalue weighted by Gasteiger charge is 2.51. The molecule has 6 atom stereocenters. The van der Waals surface area contributed by atoms with Gasteiger partial charge < -0.3 is 25.1 Å². The van der Waals surface area contributed by atoms with Crippen LogP contribution in [0.2, 0.25) is 0 Å². The van der Waals surface area contributed by atoms with Crippen molar-refractivity contribution in [3.63, 3.8) is 0 Å². The van der Waals surface area contributed by atoms with Gasteiger partial charge in [-0.1, -0.05) is 46.0 Å². The zero-order valence-electron chi connectivity index (χ0n) is 21.5. The summed E-state index contributed by atoms with van der Waals surface area (Å²) in [6.07, 6.45) is 7.51. The minimum absolute atomic E-state index is 0.00381. The highest BCUT2D eigenvalue weighted by molar-refractivity contribution is 5.93. The van der Waals surface area contributed by atoms with Gasteiger partial charge in [0.1, 0.15) is 24.0 Å². The molecule has 0 spiro atoms. The van der Waals surface area contributed by atoms with E-state index in [0.29, 0.717) is 18.9 Å². The Morgan fingerprint density at radius 1 is 1.12 bits per heavy atom. The summed E-state index contributed by atoms with van der Waals surface area (Å²) in [6, 6.07) is -1.87. The number of nitrogens with zero attached hydrogens (tertiary/aromatic N) is 1. The van der Waals surface area contributed by atoms with Gasteiger partial charge in [-0.3, -0.25) is 9.59 Å². The monoisotopic (exact) mass is 477 g/mol. The molecule has 1 aliphatic carbocycles.